The molecule has 18 heavy (non-hydrogen) atoms. The topological polar surface area (TPSA) is 41.6 Å². The number of carbonyl (C=O) groups excluding carboxylic acids is 1. The third-order valence-electron chi connectivity index (χ3n) is 2.32. The van der Waals surface area contributed by atoms with Gasteiger partial charge in [0.05, 0.1) is 0 Å². The van der Waals surface area contributed by atoms with E-state index in [2.05, 4.69) is 23.4 Å². The minimum Gasteiger partial charge on any atom is -0.410 e. The third kappa shape index (κ3) is 3.97. The Hall–Kier alpha value is -2.23. The number of nitrogens with zero attached hydrogens (tertiary/aromatic N) is 1. The molecule has 1 N–H and O–H groups in total. The van der Waals surface area contributed by atoms with E-state index < -0.39 is 6.09 Å². The molecule has 0 saturated heterocycles. The van der Waals surface area contributed by atoms with Crippen LogP contribution in [0.15, 0.2) is 49.6 Å². The summed E-state index contributed by atoms with van der Waals surface area (Å²) in [6.07, 6.45) is 3.19. The van der Waals surface area contributed by atoms with E-state index in [9.17, 15) is 4.79 Å². The summed E-state index contributed by atoms with van der Waals surface area (Å²) in [5.74, 6) is 0.509. The molecule has 0 heterocycles. The molecule has 0 atom stereocenters. The van der Waals surface area contributed by atoms with Gasteiger partial charge in [-0.25, -0.2) is 4.79 Å². The van der Waals surface area contributed by atoms with Crippen LogP contribution in [0.2, 0.25) is 0 Å². The molecule has 0 aromatic heterocycles. The van der Waals surface area contributed by atoms with Crippen LogP contribution in [0, 0.1) is 0 Å². The molecule has 0 aliphatic rings. The van der Waals surface area contributed by atoms with E-state index in [4.69, 9.17) is 4.74 Å². The van der Waals surface area contributed by atoms with Crippen LogP contribution in [-0.4, -0.2) is 26.2 Å². The Labute approximate surface area is 108 Å². The smallest absolute Gasteiger partial charge is 0.410 e. The number of rotatable bonds is 6. The summed E-state index contributed by atoms with van der Waals surface area (Å²) in [5, 5.41) is 2.39. The van der Waals surface area contributed by atoms with Crippen molar-refractivity contribution in [3.8, 4) is 5.75 Å². The highest BCUT2D eigenvalue weighted by atomic mass is 16.5. The van der Waals surface area contributed by atoms with Crippen molar-refractivity contribution in [2.75, 3.05) is 25.0 Å². The second kappa shape index (κ2) is 7.17. The molecular weight excluding hydrogens is 228 g/mol. The number of nitrogens with one attached hydrogen (secondary N) is 1. The Morgan fingerprint density at radius 3 is 2.28 bits per heavy atom. The van der Waals surface area contributed by atoms with Crippen LogP contribution in [-0.2, 0) is 0 Å². The number of anilines is 1. The lowest BCUT2D eigenvalue weighted by atomic mass is 10.2. The number of hydrogen-bond acceptors (Lipinski definition) is 3. The molecule has 0 aliphatic carbocycles. The van der Waals surface area contributed by atoms with Gasteiger partial charge in [-0.05, 0) is 24.3 Å². The number of ether oxygens (including phenoxy) is 1. The number of carbonyl (C=O) groups is 1. The van der Waals surface area contributed by atoms with E-state index in [-0.39, 0.29) is 0 Å². The van der Waals surface area contributed by atoms with Gasteiger partial charge in [-0.2, -0.15) is 0 Å². The average molecular weight is 246 g/mol. The second-order valence-corrected chi connectivity index (χ2v) is 3.62. The molecule has 1 amide bonds. The van der Waals surface area contributed by atoms with Gasteiger partial charge < -0.3 is 15.0 Å². The van der Waals surface area contributed by atoms with E-state index in [0.29, 0.717) is 5.75 Å². The van der Waals surface area contributed by atoms with Crippen LogP contribution >= 0.6 is 0 Å². The normalized spacial score (nSPS) is 9.39. The fourth-order valence-corrected chi connectivity index (χ4v) is 1.48. The van der Waals surface area contributed by atoms with Crippen molar-refractivity contribution < 1.29 is 9.53 Å². The van der Waals surface area contributed by atoms with Crippen molar-refractivity contribution >= 4 is 11.8 Å². The van der Waals surface area contributed by atoms with Crippen LogP contribution in [0.1, 0.15) is 0 Å². The number of hydrogen-bond donors (Lipinski definition) is 1. The zero-order valence-corrected chi connectivity index (χ0v) is 10.6. The summed E-state index contributed by atoms with van der Waals surface area (Å²) < 4.78 is 5.01. The highest BCUT2D eigenvalue weighted by molar-refractivity contribution is 5.70. The van der Waals surface area contributed by atoms with Gasteiger partial charge >= 0.3 is 6.09 Å². The molecule has 0 spiro atoms. The van der Waals surface area contributed by atoms with Gasteiger partial charge in [-0.3, -0.25) is 0 Å². The minimum atomic E-state index is -0.475. The summed E-state index contributed by atoms with van der Waals surface area (Å²) in [6, 6.07) is 7.30. The van der Waals surface area contributed by atoms with Gasteiger partial charge in [0.15, 0.2) is 0 Å². The minimum absolute atomic E-state index is 0.475. The molecule has 0 radical (unpaired) electrons. The Bertz CT molecular complexity index is 402. The lowest BCUT2D eigenvalue weighted by molar-refractivity contribution is 0.203. The zero-order chi connectivity index (χ0) is 13.4. The lowest BCUT2D eigenvalue weighted by Crippen LogP contribution is -2.23. The van der Waals surface area contributed by atoms with Crippen LogP contribution in [0.5, 0.6) is 5.75 Å². The molecule has 0 unspecified atom stereocenters. The molecule has 1 aromatic rings. The number of amides is 1. The molecule has 0 fully saturated rings. The quantitative estimate of drug-likeness (QED) is 0.784. The molecule has 4 nitrogen and oxygen atoms in total. The van der Waals surface area contributed by atoms with Crippen molar-refractivity contribution in [1.82, 2.24) is 5.32 Å². The van der Waals surface area contributed by atoms with Crippen molar-refractivity contribution in [3.63, 3.8) is 0 Å². The SMILES string of the molecule is C=CCN(CC=C)c1ccc(OC(=O)NC)cc1. The summed E-state index contributed by atoms with van der Waals surface area (Å²) in [5.41, 5.74) is 1.03. The maximum absolute atomic E-state index is 11.0. The van der Waals surface area contributed by atoms with E-state index in [1.54, 1.807) is 12.1 Å². The van der Waals surface area contributed by atoms with Gasteiger partial charge in [-0.15, -0.1) is 13.2 Å². The summed E-state index contributed by atoms with van der Waals surface area (Å²) in [7, 11) is 1.52. The highest BCUT2D eigenvalue weighted by Gasteiger charge is 2.05. The molecule has 0 aliphatic heterocycles. The standard InChI is InChI=1S/C14H18N2O2/c1-4-10-16(11-5-2)12-6-8-13(9-7-12)18-14(17)15-3/h4-9H,1-2,10-11H2,3H3,(H,15,17). The predicted molar refractivity (Wildman–Crippen MR) is 74.1 cm³/mol. The first-order valence-corrected chi connectivity index (χ1v) is 5.67. The van der Waals surface area contributed by atoms with E-state index in [1.807, 2.05) is 24.3 Å². The summed E-state index contributed by atoms with van der Waals surface area (Å²) in [6.45, 7) is 8.92. The van der Waals surface area contributed by atoms with Crippen LogP contribution in [0.25, 0.3) is 0 Å². The molecule has 1 rings (SSSR count). The summed E-state index contributed by atoms with van der Waals surface area (Å²) in [4.78, 5) is 13.1. The molecule has 96 valence electrons. The highest BCUT2D eigenvalue weighted by Crippen LogP contribution is 2.19. The molecule has 0 saturated carbocycles. The van der Waals surface area contributed by atoms with E-state index in [1.165, 1.54) is 7.05 Å². The van der Waals surface area contributed by atoms with Gasteiger partial charge in [0.1, 0.15) is 5.75 Å². The third-order valence-corrected chi connectivity index (χ3v) is 2.32. The molecule has 1 aromatic carbocycles. The van der Waals surface area contributed by atoms with Crippen molar-refractivity contribution in [1.29, 1.82) is 0 Å². The van der Waals surface area contributed by atoms with Crippen LogP contribution in [0.3, 0.4) is 0 Å². The molecule has 0 bridgehead atoms. The molecule has 4 heteroatoms. The van der Waals surface area contributed by atoms with Crippen LogP contribution in [0.4, 0.5) is 10.5 Å². The van der Waals surface area contributed by atoms with Gasteiger partial charge in [0.2, 0.25) is 0 Å². The predicted octanol–water partition coefficient (Wildman–Crippen LogP) is 2.58. The van der Waals surface area contributed by atoms with Gasteiger partial charge in [-0.1, -0.05) is 12.2 Å². The van der Waals surface area contributed by atoms with Gasteiger partial charge in [0, 0.05) is 25.8 Å². The Morgan fingerprint density at radius 2 is 1.83 bits per heavy atom. The van der Waals surface area contributed by atoms with Crippen molar-refractivity contribution in [2.45, 2.75) is 0 Å². The second-order valence-electron chi connectivity index (χ2n) is 3.62. The Morgan fingerprint density at radius 1 is 1.28 bits per heavy atom. The fraction of sp³-hybridized carbons (Fsp3) is 0.214. The van der Waals surface area contributed by atoms with Crippen LogP contribution < -0.4 is 15.0 Å². The maximum Gasteiger partial charge on any atom is 0.412 e. The maximum atomic E-state index is 11.0. The Kier molecular flexibility index (Phi) is 5.51. The molecular formula is C14H18N2O2. The van der Waals surface area contributed by atoms with E-state index in [0.717, 1.165) is 18.8 Å². The monoisotopic (exact) mass is 246 g/mol. The first kappa shape index (κ1) is 13.8. The lowest BCUT2D eigenvalue weighted by Gasteiger charge is -2.21. The van der Waals surface area contributed by atoms with E-state index >= 15 is 0 Å². The Balaban J connectivity index is 2.76. The largest absolute Gasteiger partial charge is 0.412 e. The first-order valence-electron chi connectivity index (χ1n) is 5.67. The van der Waals surface area contributed by atoms with Crippen molar-refractivity contribution in [3.05, 3.63) is 49.6 Å². The number of benzene rings is 1. The zero-order valence-electron chi connectivity index (χ0n) is 10.6. The van der Waals surface area contributed by atoms with Crippen molar-refractivity contribution in [2.24, 2.45) is 0 Å². The van der Waals surface area contributed by atoms with Gasteiger partial charge in [0.25, 0.3) is 0 Å². The summed E-state index contributed by atoms with van der Waals surface area (Å²) >= 11 is 0. The first-order chi connectivity index (χ1) is 8.71. The average Bonchev–Trinajstić information content (AvgIpc) is 2.39. The fourth-order valence-electron chi connectivity index (χ4n) is 1.48.